The van der Waals surface area contributed by atoms with Crippen molar-refractivity contribution in [3.8, 4) is 0 Å². The van der Waals surface area contributed by atoms with Crippen LogP contribution in [-0.2, 0) is 10.0 Å². The fraction of sp³-hybridized carbons (Fsp3) is 1.00. The van der Waals surface area contributed by atoms with Gasteiger partial charge in [-0.25, -0.2) is 13.1 Å². The summed E-state index contributed by atoms with van der Waals surface area (Å²) < 4.78 is 25.5. The van der Waals surface area contributed by atoms with Crippen LogP contribution < -0.4 is 4.72 Å². The van der Waals surface area contributed by atoms with E-state index in [1.165, 1.54) is 0 Å². The van der Waals surface area contributed by atoms with Crippen LogP contribution in [0.1, 0.15) is 25.7 Å². The predicted octanol–water partition coefficient (Wildman–Crippen LogP) is 0.0201. The van der Waals surface area contributed by atoms with Gasteiger partial charge >= 0.3 is 0 Å². The number of hydrogen-bond acceptors (Lipinski definition) is 4. The Morgan fingerprint density at radius 2 is 2.00 bits per heavy atom. The van der Waals surface area contributed by atoms with E-state index in [1.807, 2.05) is 0 Å². The van der Waals surface area contributed by atoms with Gasteiger partial charge in [0.2, 0.25) is 10.0 Å². The number of rotatable bonds is 7. The van der Waals surface area contributed by atoms with E-state index >= 15 is 0 Å². The number of piperidine rings is 1. The molecule has 1 heterocycles. The lowest BCUT2D eigenvalue weighted by atomic mass is 9.94. The lowest BCUT2D eigenvalue weighted by molar-refractivity contribution is 0.213. The summed E-state index contributed by atoms with van der Waals surface area (Å²) in [5.74, 6) is 0.670. The second-order valence-electron chi connectivity index (χ2n) is 4.83. The summed E-state index contributed by atoms with van der Waals surface area (Å²) in [6, 6.07) is 0. The van der Waals surface area contributed by atoms with Crippen molar-refractivity contribution < 1.29 is 13.5 Å². The Morgan fingerprint density at radius 1 is 1.35 bits per heavy atom. The molecule has 0 aromatic heterocycles. The average molecular weight is 264 g/mol. The maximum Gasteiger partial charge on any atom is 0.211 e. The van der Waals surface area contributed by atoms with Gasteiger partial charge in [-0.05, 0) is 51.7 Å². The van der Waals surface area contributed by atoms with E-state index in [-0.39, 0.29) is 12.4 Å². The first-order chi connectivity index (χ1) is 8.03. The van der Waals surface area contributed by atoms with Gasteiger partial charge in [0.05, 0.1) is 5.75 Å². The molecular formula is C11H24N2O3S. The molecule has 0 unspecified atom stereocenters. The molecule has 0 saturated carbocycles. The molecule has 1 aliphatic rings. The number of hydrogen-bond donors (Lipinski definition) is 2. The summed E-state index contributed by atoms with van der Waals surface area (Å²) in [6.07, 6.45) is 3.56. The van der Waals surface area contributed by atoms with Crippen molar-refractivity contribution in [3.63, 3.8) is 0 Å². The number of likely N-dealkylation sites (tertiary alicyclic amines) is 1. The van der Waals surface area contributed by atoms with Crippen LogP contribution in [0.25, 0.3) is 0 Å². The molecule has 2 N–H and O–H groups in total. The molecule has 0 radical (unpaired) electrons. The second-order valence-corrected chi connectivity index (χ2v) is 6.75. The molecule has 1 rings (SSSR count). The lowest BCUT2D eigenvalue weighted by Gasteiger charge is -2.28. The van der Waals surface area contributed by atoms with Crippen molar-refractivity contribution in [2.24, 2.45) is 5.92 Å². The number of sulfonamides is 1. The zero-order chi connectivity index (χ0) is 12.7. The van der Waals surface area contributed by atoms with Gasteiger partial charge in [-0.3, -0.25) is 0 Å². The maximum absolute atomic E-state index is 11.5. The highest BCUT2D eigenvalue weighted by Gasteiger charge is 2.17. The smallest absolute Gasteiger partial charge is 0.211 e. The monoisotopic (exact) mass is 264 g/mol. The van der Waals surface area contributed by atoms with Gasteiger partial charge in [0.1, 0.15) is 0 Å². The molecule has 1 fully saturated rings. The lowest BCUT2D eigenvalue weighted by Crippen LogP contribution is -2.33. The zero-order valence-electron chi connectivity index (χ0n) is 10.6. The molecule has 0 aromatic rings. The Bertz CT molecular complexity index is 298. The second kappa shape index (κ2) is 7.31. The van der Waals surface area contributed by atoms with Gasteiger partial charge in [-0.2, -0.15) is 0 Å². The Kier molecular flexibility index (Phi) is 6.40. The fourth-order valence-electron chi connectivity index (χ4n) is 2.10. The highest BCUT2D eigenvalue weighted by Crippen LogP contribution is 2.18. The van der Waals surface area contributed by atoms with Crippen LogP contribution in [-0.4, -0.2) is 57.5 Å². The van der Waals surface area contributed by atoms with Crippen LogP contribution in [0.15, 0.2) is 0 Å². The highest BCUT2D eigenvalue weighted by atomic mass is 32.2. The first kappa shape index (κ1) is 14.9. The van der Waals surface area contributed by atoms with Crippen LogP contribution >= 0.6 is 0 Å². The molecule has 102 valence electrons. The first-order valence-corrected chi connectivity index (χ1v) is 7.95. The van der Waals surface area contributed by atoms with Crippen molar-refractivity contribution in [1.82, 2.24) is 9.62 Å². The minimum absolute atomic E-state index is 0.0247. The topological polar surface area (TPSA) is 69.6 Å². The van der Waals surface area contributed by atoms with E-state index in [0.29, 0.717) is 18.9 Å². The number of nitrogens with zero attached hydrogens (tertiary/aromatic N) is 1. The minimum Gasteiger partial charge on any atom is -0.396 e. The van der Waals surface area contributed by atoms with Crippen LogP contribution in [0.5, 0.6) is 0 Å². The van der Waals surface area contributed by atoms with Crippen molar-refractivity contribution in [2.45, 2.75) is 25.7 Å². The van der Waals surface area contributed by atoms with Gasteiger partial charge < -0.3 is 10.0 Å². The molecule has 0 atom stereocenters. The number of aliphatic hydroxyl groups is 1. The molecule has 1 saturated heterocycles. The zero-order valence-corrected chi connectivity index (χ0v) is 11.4. The number of aliphatic hydroxyl groups excluding tert-OH is 1. The summed E-state index contributed by atoms with van der Waals surface area (Å²) in [6.45, 7) is 2.68. The van der Waals surface area contributed by atoms with E-state index in [1.54, 1.807) is 0 Å². The summed E-state index contributed by atoms with van der Waals surface area (Å²) in [7, 11) is -1.06. The fourth-order valence-corrected chi connectivity index (χ4v) is 3.18. The molecule has 6 heteroatoms. The molecule has 0 amide bonds. The van der Waals surface area contributed by atoms with E-state index < -0.39 is 10.0 Å². The van der Waals surface area contributed by atoms with E-state index in [2.05, 4.69) is 16.7 Å². The molecule has 17 heavy (non-hydrogen) atoms. The van der Waals surface area contributed by atoms with Gasteiger partial charge in [0.25, 0.3) is 0 Å². The van der Waals surface area contributed by atoms with Gasteiger partial charge in [-0.15, -0.1) is 0 Å². The predicted molar refractivity (Wildman–Crippen MR) is 68.3 cm³/mol. The third-order valence-corrected chi connectivity index (χ3v) is 4.75. The van der Waals surface area contributed by atoms with Crippen molar-refractivity contribution in [2.75, 3.05) is 39.0 Å². The Labute approximate surface area is 104 Å². The Hall–Kier alpha value is -0.170. The summed E-state index contributed by atoms with van der Waals surface area (Å²) in [5, 5.41) is 8.59. The Balaban J connectivity index is 2.14. The van der Waals surface area contributed by atoms with Crippen molar-refractivity contribution in [3.05, 3.63) is 0 Å². The average Bonchev–Trinajstić information content (AvgIpc) is 2.29. The van der Waals surface area contributed by atoms with Gasteiger partial charge in [0.15, 0.2) is 0 Å². The largest absolute Gasteiger partial charge is 0.396 e. The quantitative estimate of drug-likeness (QED) is 0.680. The first-order valence-electron chi connectivity index (χ1n) is 6.30. The van der Waals surface area contributed by atoms with Crippen LogP contribution in [0.4, 0.5) is 0 Å². The minimum atomic E-state index is -3.18. The SMILES string of the molecule is CN1CCC(CCNS(=O)(=O)CCCO)CC1. The molecule has 1 aliphatic heterocycles. The number of nitrogens with one attached hydrogen (secondary N) is 1. The van der Waals surface area contributed by atoms with E-state index in [4.69, 9.17) is 5.11 Å². The van der Waals surface area contributed by atoms with Crippen LogP contribution in [0.3, 0.4) is 0 Å². The molecule has 0 spiro atoms. The molecule has 5 nitrogen and oxygen atoms in total. The highest BCUT2D eigenvalue weighted by molar-refractivity contribution is 7.89. The summed E-state index contributed by atoms with van der Waals surface area (Å²) >= 11 is 0. The molecular weight excluding hydrogens is 240 g/mol. The maximum atomic E-state index is 11.5. The molecule has 0 bridgehead atoms. The van der Waals surface area contributed by atoms with E-state index in [0.717, 1.165) is 32.4 Å². The van der Waals surface area contributed by atoms with Crippen LogP contribution in [0.2, 0.25) is 0 Å². The van der Waals surface area contributed by atoms with E-state index in [9.17, 15) is 8.42 Å². The summed E-state index contributed by atoms with van der Waals surface area (Å²) in [5.41, 5.74) is 0. The third kappa shape index (κ3) is 6.35. The standard InChI is InChI=1S/C11H24N2O3S/c1-13-7-4-11(5-8-13)3-6-12-17(15,16)10-2-9-14/h11-12,14H,2-10H2,1H3. The molecule has 0 aromatic carbocycles. The van der Waals surface area contributed by atoms with Gasteiger partial charge in [0, 0.05) is 13.2 Å². The Morgan fingerprint density at radius 3 is 2.59 bits per heavy atom. The third-order valence-electron chi connectivity index (χ3n) is 3.28. The van der Waals surface area contributed by atoms with Crippen LogP contribution in [0, 0.1) is 5.92 Å². The molecule has 0 aliphatic carbocycles. The normalized spacial score (nSPS) is 19.6. The van der Waals surface area contributed by atoms with Gasteiger partial charge in [-0.1, -0.05) is 0 Å². The van der Waals surface area contributed by atoms with Crippen molar-refractivity contribution in [1.29, 1.82) is 0 Å². The van der Waals surface area contributed by atoms with Crippen molar-refractivity contribution >= 4 is 10.0 Å². The summed E-state index contributed by atoms with van der Waals surface area (Å²) in [4.78, 5) is 2.31.